The highest BCUT2D eigenvalue weighted by atomic mass is 16.1. The van der Waals surface area contributed by atoms with Gasteiger partial charge in [-0.25, -0.2) is 0 Å². The van der Waals surface area contributed by atoms with Crippen molar-refractivity contribution in [3.63, 3.8) is 0 Å². The number of rotatable bonds is 6. The van der Waals surface area contributed by atoms with Gasteiger partial charge in [-0.3, -0.25) is 4.79 Å². The number of carbonyl (C=O) groups is 1. The Labute approximate surface area is 104 Å². The van der Waals surface area contributed by atoms with Crippen LogP contribution < -0.4 is 10.6 Å². The molecule has 0 aliphatic heterocycles. The second kappa shape index (κ2) is 6.94. The Bertz CT molecular complexity index is 335. The summed E-state index contributed by atoms with van der Waals surface area (Å²) in [6.07, 6.45) is 0.538. The van der Waals surface area contributed by atoms with Crippen LogP contribution in [0.2, 0.25) is 0 Å². The quantitative estimate of drug-likeness (QED) is 0.794. The number of carbonyl (C=O) groups excluding carboxylic acids is 1. The molecule has 0 bridgehead atoms. The lowest BCUT2D eigenvalue weighted by atomic mass is 10.0. The molecular formula is C14H22N2O. The van der Waals surface area contributed by atoms with Crippen LogP contribution in [-0.2, 0) is 4.79 Å². The van der Waals surface area contributed by atoms with Crippen molar-refractivity contribution in [2.24, 2.45) is 5.92 Å². The summed E-state index contributed by atoms with van der Waals surface area (Å²) in [5.74, 6) is 0.567. The molecule has 0 fully saturated rings. The number of benzene rings is 1. The van der Waals surface area contributed by atoms with Gasteiger partial charge in [0.2, 0.25) is 5.91 Å². The Hall–Kier alpha value is -1.51. The molecule has 1 aromatic rings. The predicted molar refractivity (Wildman–Crippen MR) is 72.0 cm³/mol. The van der Waals surface area contributed by atoms with Crippen molar-refractivity contribution in [3.8, 4) is 0 Å². The molecule has 1 rings (SSSR count). The van der Waals surface area contributed by atoms with Gasteiger partial charge in [0, 0.05) is 24.7 Å². The van der Waals surface area contributed by atoms with Crippen LogP contribution in [0.1, 0.15) is 27.2 Å². The molecule has 3 nitrogen and oxygen atoms in total. The van der Waals surface area contributed by atoms with E-state index in [-0.39, 0.29) is 11.9 Å². The molecule has 94 valence electrons. The summed E-state index contributed by atoms with van der Waals surface area (Å²) < 4.78 is 0. The normalized spacial score (nSPS) is 12.2. The zero-order valence-electron chi connectivity index (χ0n) is 10.9. The fraction of sp³-hybridized carbons (Fsp3) is 0.500. The Morgan fingerprint density at radius 3 is 2.41 bits per heavy atom. The zero-order chi connectivity index (χ0) is 12.7. The van der Waals surface area contributed by atoms with E-state index in [4.69, 9.17) is 0 Å². The molecule has 2 N–H and O–H groups in total. The molecule has 0 radical (unpaired) electrons. The summed E-state index contributed by atoms with van der Waals surface area (Å²) >= 11 is 0. The van der Waals surface area contributed by atoms with Crippen LogP contribution in [0.15, 0.2) is 30.3 Å². The lowest BCUT2D eigenvalue weighted by molar-refractivity contribution is -0.120. The molecule has 3 heteroatoms. The van der Waals surface area contributed by atoms with E-state index >= 15 is 0 Å². The third-order valence-corrected chi connectivity index (χ3v) is 2.77. The Morgan fingerprint density at radius 1 is 1.24 bits per heavy atom. The molecule has 0 aliphatic carbocycles. The SMILES string of the molecule is CCC(=O)NCC(Nc1ccccc1)C(C)C. The fourth-order valence-corrected chi connectivity index (χ4v) is 1.55. The molecule has 1 unspecified atom stereocenters. The lowest BCUT2D eigenvalue weighted by Gasteiger charge is -2.23. The summed E-state index contributed by atoms with van der Waals surface area (Å²) in [7, 11) is 0. The Morgan fingerprint density at radius 2 is 1.88 bits per heavy atom. The summed E-state index contributed by atoms with van der Waals surface area (Å²) in [4.78, 5) is 11.3. The first-order chi connectivity index (χ1) is 8.13. The molecule has 0 saturated carbocycles. The minimum absolute atomic E-state index is 0.102. The van der Waals surface area contributed by atoms with E-state index in [0.29, 0.717) is 18.9 Å². The standard InChI is InChI=1S/C14H22N2O/c1-4-14(17)15-10-13(11(2)3)16-12-8-6-5-7-9-12/h5-9,11,13,16H,4,10H2,1-3H3,(H,15,17). The largest absolute Gasteiger partial charge is 0.380 e. The topological polar surface area (TPSA) is 41.1 Å². The minimum atomic E-state index is 0.102. The number of nitrogens with one attached hydrogen (secondary N) is 2. The van der Waals surface area contributed by atoms with E-state index in [1.807, 2.05) is 37.3 Å². The van der Waals surface area contributed by atoms with Gasteiger partial charge in [-0.05, 0) is 18.1 Å². The number of anilines is 1. The van der Waals surface area contributed by atoms with Crippen LogP contribution in [0, 0.1) is 5.92 Å². The van der Waals surface area contributed by atoms with Crippen molar-refractivity contribution < 1.29 is 4.79 Å². The van der Waals surface area contributed by atoms with Gasteiger partial charge in [0.15, 0.2) is 0 Å². The molecular weight excluding hydrogens is 212 g/mol. The van der Waals surface area contributed by atoms with Crippen molar-refractivity contribution in [1.29, 1.82) is 0 Å². The maximum absolute atomic E-state index is 11.3. The van der Waals surface area contributed by atoms with Gasteiger partial charge in [-0.15, -0.1) is 0 Å². The zero-order valence-corrected chi connectivity index (χ0v) is 10.9. The van der Waals surface area contributed by atoms with Crippen LogP contribution in [-0.4, -0.2) is 18.5 Å². The van der Waals surface area contributed by atoms with Gasteiger partial charge in [0.25, 0.3) is 0 Å². The molecule has 0 aromatic heterocycles. The fourth-order valence-electron chi connectivity index (χ4n) is 1.55. The third-order valence-electron chi connectivity index (χ3n) is 2.77. The molecule has 1 amide bonds. The number of hydrogen-bond donors (Lipinski definition) is 2. The van der Waals surface area contributed by atoms with Crippen molar-refractivity contribution in [2.75, 3.05) is 11.9 Å². The molecule has 1 atom stereocenters. The van der Waals surface area contributed by atoms with Gasteiger partial charge in [-0.1, -0.05) is 39.0 Å². The lowest BCUT2D eigenvalue weighted by Crippen LogP contribution is -2.39. The average Bonchev–Trinajstić information content (AvgIpc) is 2.34. The number of amides is 1. The van der Waals surface area contributed by atoms with E-state index in [2.05, 4.69) is 24.5 Å². The second-order valence-corrected chi connectivity index (χ2v) is 4.52. The predicted octanol–water partition coefficient (Wildman–Crippen LogP) is 2.65. The Kier molecular flexibility index (Phi) is 5.53. The summed E-state index contributed by atoms with van der Waals surface area (Å²) in [5.41, 5.74) is 1.09. The van der Waals surface area contributed by atoms with E-state index < -0.39 is 0 Å². The molecule has 1 aromatic carbocycles. The van der Waals surface area contributed by atoms with Crippen LogP contribution in [0.4, 0.5) is 5.69 Å². The smallest absolute Gasteiger partial charge is 0.219 e. The molecule has 0 saturated heterocycles. The maximum atomic E-state index is 11.3. The van der Waals surface area contributed by atoms with Gasteiger partial charge in [-0.2, -0.15) is 0 Å². The number of para-hydroxylation sites is 1. The molecule has 0 spiro atoms. The molecule has 0 heterocycles. The van der Waals surface area contributed by atoms with Crippen molar-refractivity contribution >= 4 is 11.6 Å². The Balaban J connectivity index is 2.52. The highest BCUT2D eigenvalue weighted by molar-refractivity contribution is 5.75. The summed E-state index contributed by atoms with van der Waals surface area (Å²) in [5, 5.41) is 6.38. The van der Waals surface area contributed by atoms with E-state index in [0.717, 1.165) is 5.69 Å². The van der Waals surface area contributed by atoms with E-state index in [9.17, 15) is 4.79 Å². The second-order valence-electron chi connectivity index (χ2n) is 4.52. The first kappa shape index (κ1) is 13.6. The maximum Gasteiger partial charge on any atom is 0.219 e. The summed E-state index contributed by atoms with van der Waals surface area (Å²) in [6.45, 7) is 6.83. The van der Waals surface area contributed by atoms with Gasteiger partial charge >= 0.3 is 0 Å². The summed E-state index contributed by atoms with van der Waals surface area (Å²) in [6, 6.07) is 10.3. The van der Waals surface area contributed by atoms with Gasteiger partial charge < -0.3 is 10.6 Å². The van der Waals surface area contributed by atoms with Gasteiger partial charge in [0.1, 0.15) is 0 Å². The monoisotopic (exact) mass is 234 g/mol. The minimum Gasteiger partial charge on any atom is -0.380 e. The van der Waals surface area contributed by atoms with Crippen molar-refractivity contribution in [1.82, 2.24) is 5.32 Å². The van der Waals surface area contributed by atoms with Crippen molar-refractivity contribution in [2.45, 2.75) is 33.2 Å². The average molecular weight is 234 g/mol. The van der Waals surface area contributed by atoms with Crippen molar-refractivity contribution in [3.05, 3.63) is 30.3 Å². The molecule has 0 aliphatic rings. The first-order valence-corrected chi connectivity index (χ1v) is 6.21. The first-order valence-electron chi connectivity index (χ1n) is 6.21. The van der Waals surface area contributed by atoms with Crippen LogP contribution >= 0.6 is 0 Å². The highest BCUT2D eigenvalue weighted by Gasteiger charge is 2.13. The van der Waals surface area contributed by atoms with Crippen LogP contribution in [0.3, 0.4) is 0 Å². The van der Waals surface area contributed by atoms with E-state index in [1.54, 1.807) is 0 Å². The third kappa shape index (κ3) is 4.89. The van der Waals surface area contributed by atoms with Crippen LogP contribution in [0.25, 0.3) is 0 Å². The van der Waals surface area contributed by atoms with Gasteiger partial charge in [0.05, 0.1) is 0 Å². The number of hydrogen-bond acceptors (Lipinski definition) is 2. The van der Waals surface area contributed by atoms with E-state index in [1.165, 1.54) is 0 Å². The van der Waals surface area contributed by atoms with Crippen LogP contribution in [0.5, 0.6) is 0 Å². The molecule has 17 heavy (non-hydrogen) atoms. The highest BCUT2D eigenvalue weighted by Crippen LogP contribution is 2.11.